The summed E-state index contributed by atoms with van der Waals surface area (Å²) in [5.41, 5.74) is 0. The maximum absolute atomic E-state index is 2.22. The number of rotatable bonds is 1. The highest BCUT2D eigenvalue weighted by Crippen LogP contribution is 1.73. The van der Waals surface area contributed by atoms with Gasteiger partial charge in [0.1, 0.15) is 0 Å². The SMILES string of the molecule is CCC[SiH3].CN(C)C. The lowest BCUT2D eigenvalue weighted by molar-refractivity contribution is 0.505. The topological polar surface area (TPSA) is 3.24 Å². The molecule has 0 amide bonds. The van der Waals surface area contributed by atoms with Gasteiger partial charge in [-0.05, 0) is 21.1 Å². The molecule has 8 heavy (non-hydrogen) atoms. The summed E-state index contributed by atoms with van der Waals surface area (Å²) < 4.78 is 0. The highest BCUT2D eigenvalue weighted by Gasteiger charge is 1.58. The quantitative estimate of drug-likeness (QED) is 0.467. The first kappa shape index (κ1) is 11.0. The van der Waals surface area contributed by atoms with E-state index >= 15 is 0 Å². The summed E-state index contributed by atoms with van der Waals surface area (Å²) in [4.78, 5) is 2.00. The van der Waals surface area contributed by atoms with E-state index in [4.69, 9.17) is 0 Å². The molecule has 2 heteroatoms. The molecule has 1 nitrogen and oxygen atoms in total. The van der Waals surface area contributed by atoms with Crippen molar-refractivity contribution in [1.82, 2.24) is 4.90 Å². The molecule has 0 unspecified atom stereocenters. The molecular formula is C6H19NSi. The van der Waals surface area contributed by atoms with Crippen LogP contribution in [0.15, 0.2) is 0 Å². The van der Waals surface area contributed by atoms with Crippen molar-refractivity contribution < 1.29 is 0 Å². The van der Waals surface area contributed by atoms with Gasteiger partial charge in [0.05, 0.1) is 0 Å². The van der Waals surface area contributed by atoms with Crippen molar-refractivity contribution in [3.05, 3.63) is 0 Å². The van der Waals surface area contributed by atoms with Crippen molar-refractivity contribution in [3.63, 3.8) is 0 Å². The molecule has 0 aliphatic carbocycles. The largest absolute Gasteiger partial charge is 0.312 e. The zero-order valence-electron chi connectivity index (χ0n) is 6.86. The number of hydrogen-bond acceptors (Lipinski definition) is 1. The van der Waals surface area contributed by atoms with Crippen LogP contribution in [0, 0.1) is 0 Å². The van der Waals surface area contributed by atoms with Crippen LogP contribution < -0.4 is 0 Å². The summed E-state index contributed by atoms with van der Waals surface area (Å²) in [5, 5.41) is 0. The lowest BCUT2D eigenvalue weighted by Crippen LogP contribution is -1.99. The van der Waals surface area contributed by atoms with Gasteiger partial charge in [-0.15, -0.1) is 0 Å². The fraction of sp³-hybridized carbons (Fsp3) is 1.00. The Morgan fingerprint density at radius 3 is 1.38 bits per heavy atom. The maximum Gasteiger partial charge on any atom is 0.00278 e. The highest BCUT2D eigenvalue weighted by molar-refractivity contribution is 6.08. The predicted molar refractivity (Wildman–Crippen MR) is 44.6 cm³/mol. The lowest BCUT2D eigenvalue weighted by atomic mass is 10.6. The van der Waals surface area contributed by atoms with Gasteiger partial charge in [0.15, 0.2) is 0 Å². The van der Waals surface area contributed by atoms with Gasteiger partial charge in [-0.3, -0.25) is 0 Å². The smallest absolute Gasteiger partial charge is 0.00278 e. The van der Waals surface area contributed by atoms with Gasteiger partial charge < -0.3 is 4.90 Å². The molecule has 0 aliphatic rings. The second-order valence-corrected chi connectivity index (χ2v) is 3.34. The summed E-state index contributed by atoms with van der Waals surface area (Å²) in [7, 11) is 7.39. The van der Waals surface area contributed by atoms with Crippen molar-refractivity contribution in [2.24, 2.45) is 0 Å². The molecule has 0 aromatic heterocycles. The van der Waals surface area contributed by atoms with Crippen LogP contribution in [-0.2, 0) is 0 Å². The fourth-order valence-electron chi connectivity index (χ4n) is 0. The molecule has 0 atom stereocenters. The normalized spacial score (nSPS) is 8.62. The zero-order chi connectivity index (χ0) is 6.99. The minimum absolute atomic E-state index is 1.38. The first-order chi connectivity index (χ1) is 3.65. The Kier molecular flexibility index (Phi) is 14.1. The van der Waals surface area contributed by atoms with Crippen molar-refractivity contribution in [2.45, 2.75) is 19.4 Å². The van der Waals surface area contributed by atoms with Gasteiger partial charge in [-0.25, -0.2) is 0 Å². The van der Waals surface area contributed by atoms with Crippen LogP contribution in [0.2, 0.25) is 6.04 Å². The second-order valence-electron chi connectivity index (χ2n) is 2.34. The first-order valence-corrected chi connectivity index (χ1v) is 4.67. The van der Waals surface area contributed by atoms with E-state index in [1.54, 1.807) is 0 Å². The molecule has 0 N–H and O–H groups in total. The van der Waals surface area contributed by atoms with E-state index in [2.05, 4.69) is 6.92 Å². The van der Waals surface area contributed by atoms with Crippen molar-refractivity contribution in [2.75, 3.05) is 21.1 Å². The number of nitrogens with zero attached hydrogens (tertiary/aromatic N) is 1. The molecule has 0 aliphatic heterocycles. The molecule has 0 fully saturated rings. The Hall–Kier alpha value is 0.177. The predicted octanol–water partition coefficient (Wildman–Crippen LogP) is 0.358. The van der Waals surface area contributed by atoms with Crippen molar-refractivity contribution >= 4 is 10.2 Å². The van der Waals surface area contributed by atoms with Gasteiger partial charge in [0.25, 0.3) is 0 Å². The Bertz CT molecular complexity index is 25.0. The third kappa shape index (κ3) is 120. The van der Waals surface area contributed by atoms with E-state index in [-0.39, 0.29) is 0 Å². The minimum atomic E-state index is 1.38. The molecule has 0 saturated carbocycles. The van der Waals surface area contributed by atoms with Gasteiger partial charge in [0, 0.05) is 10.2 Å². The van der Waals surface area contributed by atoms with Crippen LogP contribution >= 0.6 is 0 Å². The first-order valence-electron chi connectivity index (χ1n) is 3.26. The Balaban J connectivity index is 0. The van der Waals surface area contributed by atoms with Crippen LogP contribution in [0.25, 0.3) is 0 Å². The third-order valence-electron chi connectivity index (χ3n) is 0.500. The van der Waals surface area contributed by atoms with E-state index in [1.165, 1.54) is 22.7 Å². The summed E-state index contributed by atoms with van der Waals surface area (Å²) in [6, 6.07) is 1.46. The molecule has 0 aromatic carbocycles. The van der Waals surface area contributed by atoms with E-state index in [9.17, 15) is 0 Å². The molecule has 0 heterocycles. The molecule has 0 saturated heterocycles. The molecule has 0 rings (SSSR count). The van der Waals surface area contributed by atoms with Gasteiger partial charge in [0.2, 0.25) is 0 Å². The lowest BCUT2D eigenvalue weighted by Gasteiger charge is -1.90. The van der Waals surface area contributed by atoms with Crippen LogP contribution in [0.5, 0.6) is 0 Å². The monoisotopic (exact) mass is 133 g/mol. The van der Waals surface area contributed by atoms with Crippen molar-refractivity contribution in [1.29, 1.82) is 0 Å². The second kappa shape index (κ2) is 10.2. The van der Waals surface area contributed by atoms with Crippen molar-refractivity contribution in [3.8, 4) is 0 Å². The molecule has 0 radical (unpaired) electrons. The average Bonchev–Trinajstić information content (AvgIpc) is 1.65. The Morgan fingerprint density at radius 1 is 1.25 bits per heavy atom. The van der Waals surface area contributed by atoms with Crippen LogP contribution in [0.4, 0.5) is 0 Å². The average molecular weight is 133 g/mol. The summed E-state index contributed by atoms with van der Waals surface area (Å²) in [6.07, 6.45) is 1.38. The van der Waals surface area contributed by atoms with Gasteiger partial charge in [-0.2, -0.15) is 0 Å². The van der Waals surface area contributed by atoms with Crippen LogP contribution in [-0.4, -0.2) is 36.3 Å². The van der Waals surface area contributed by atoms with E-state index in [0.717, 1.165) is 0 Å². The summed E-state index contributed by atoms with van der Waals surface area (Å²) in [6.45, 7) is 2.22. The molecule has 0 aromatic rings. The zero-order valence-corrected chi connectivity index (χ0v) is 8.86. The molecule has 52 valence electrons. The summed E-state index contributed by atoms with van der Waals surface area (Å²) >= 11 is 0. The fourth-order valence-corrected chi connectivity index (χ4v) is 0. The van der Waals surface area contributed by atoms with Gasteiger partial charge >= 0.3 is 0 Å². The Morgan fingerprint density at radius 2 is 1.38 bits per heavy atom. The third-order valence-corrected chi connectivity index (χ3v) is 1.50. The molecule has 0 bridgehead atoms. The van der Waals surface area contributed by atoms with E-state index in [1.807, 2.05) is 26.0 Å². The van der Waals surface area contributed by atoms with Gasteiger partial charge in [-0.1, -0.05) is 19.4 Å². The Labute approximate surface area is 56.5 Å². The van der Waals surface area contributed by atoms with E-state index in [0.29, 0.717) is 0 Å². The maximum atomic E-state index is 2.22. The standard InChI is InChI=1S/C3H9N.C3H10Si/c1-4(2)3;1-2-3-4/h1-3H3;2-3H2,1,4H3. The molecular weight excluding hydrogens is 114 g/mol. The van der Waals surface area contributed by atoms with E-state index < -0.39 is 0 Å². The number of hydrogen-bond donors (Lipinski definition) is 0. The summed E-state index contributed by atoms with van der Waals surface area (Å²) in [5.74, 6) is 0. The van der Waals surface area contributed by atoms with Crippen LogP contribution in [0.1, 0.15) is 13.3 Å². The molecule has 0 spiro atoms. The van der Waals surface area contributed by atoms with Crippen LogP contribution in [0.3, 0.4) is 0 Å². The minimum Gasteiger partial charge on any atom is -0.312 e. The highest BCUT2D eigenvalue weighted by atomic mass is 28.1.